The average Bonchev–Trinajstić information content (AvgIpc) is 2.93. The smallest absolute Gasteiger partial charge is 0.342 e. The number of benzene rings is 1. The van der Waals surface area contributed by atoms with Gasteiger partial charge < -0.3 is 14.1 Å². The van der Waals surface area contributed by atoms with Crippen LogP contribution in [-0.2, 0) is 17.8 Å². The molecule has 2 aromatic heterocycles. The van der Waals surface area contributed by atoms with E-state index in [0.29, 0.717) is 17.9 Å². The summed E-state index contributed by atoms with van der Waals surface area (Å²) in [4.78, 5) is 33.3. The molecular formula is C19H20FN3O4. The predicted octanol–water partition coefficient (Wildman–Crippen LogP) is 2.77. The molecule has 142 valence electrons. The second-order valence-electron chi connectivity index (χ2n) is 6.21. The second-order valence-corrected chi connectivity index (χ2v) is 6.21. The summed E-state index contributed by atoms with van der Waals surface area (Å²) in [7, 11) is 1.79. The summed E-state index contributed by atoms with van der Waals surface area (Å²) in [6.45, 7) is 4.07. The summed E-state index contributed by atoms with van der Waals surface area (Å²) in [6.07, 6.45) is 0. The van der Waals surface area contributed by atoms with Gasteiger partial charge in [-0.2, -0.15) is 4.98 Å². The van der Waals surface area contributed by atoms with Crippen LogP contribution in [0.5, 0.6) is 0 Å². The lowest BCUT2D eigenvalue weighted by atomic mass is 10.2. The number of aromatic amines is 1. The highest BCUT2D eigenvalue weighted by Gasteiger charge is 2.23. The second kappa shape index (κ2) is 7.71. The van der Waals surface area contributed by atoms with Crippen molar-refractivity contribution in [2.24, 2.45) is 0 Å². The standard InChI is InChI=1S/C19H20FN3O4/c1-4-26-19(25)15-11(2)27-18-16(15)17(24)21-14(22-18)10-23(3)9-12-7-5-6-8-13(12)20/h5-8H,4,9-10H2,1-3H3,(H,21,22,24). The Morgan fingerprint density at radius 2 is 2.07 bits per heavy atom. The molecule has 0 radical (unpaired) electrons. The Morgan fingerprint density at radius 3 is 2.78 bits per heavy atom. The van der Waals surface area contributed by atoms with E-state index in [2.05, 4.69) is 9.97 Å². The van der Waals surface area contributed by atoms with Crippen molar-refractivity contribution >= 4 is 17.1 Å². The van der Waals surface area contributed by atoms with Gasteiger partial charge >= 0.3 is 5.97 Å². The van der Waals surface area contributed by atoms with Gasteiger partial charge in [-0.3, -0.25) is 9.69 Å². The van der Waals surface area contributed by atoms with Crippen LogP contribution in [0.4, 0.5) is 4.39 Å². The number of nitrogens with one attached hydrogen (secondary N) is 1. The number of esters is 1. The van der Waals surface area contributed by atoms with Crippen molar-refractivity contribution in [3.05, 3.63) is 63.1 Å². The molecule has 1 aromatic carbocycles. The molecular weight excluding hydrogens is 353 g/mol. The lowest BCUT2D eigenvalue weighted by molar-refractivity contribution is 0.0526. The first kappa shape index (κ1) is 18.8. The van der Waals surface area contributed by atoms with Crippen molar-refractivity contribution < 1.29 is 18.3 Å². The molecule has 0 bridgehead atoms. The fourth-order valence-corrected chi connectivity index (χ4v) is 2.92. The van der Waals surface area contributed by atoms with Gasteiger partial charge in [-0.1, -0.05) is 18.2 Å². The molecule has 7 nitrogen and oxygen atoms in total. The van der Waals surface area contributed by atoms with E-state index in [1.54, 1.807) is 39.1 Å². The third kappa shape index (κ3) is 3.90. The van der Waals surface area contributed by atoms with Crippen LogP contribution in [0.25, 0.3) is 11.1 Å². The monoisotopic (exact) mass is 373 g/mol. The summed E-state index contributed by atoms with van der Waals surface area (Å²) in [5.74, 6) is -0.277. The molecule has 1 N–H and O–H groups in total. The zero-order chi connectivity index (χ0) is 19.6. The van der Waals surface area contributed by atoms with E-state index in [1.807, 2.05) is 4.90 Å². The third-order valence-electron chi connectivity index (χ3n) is 4.08. The number of aromatic nitrogens is 2. The molecule has 0 spiro atoms. The normalized spacial score (nSPS) is 11.3. The highest BCUT2D eigenvalue weighted by molar-refractivity contribution is 6.03. The minimum atomic E-state index is -0.620. The zero-order valence-electron chi connectivity index (χ0n) is 15.3. The number of hydrogen-bond donors (Lipinski definition) is 1. The molecule has 0 aliphatic rings. The van der Waals surface area contributed by atoms with Crippen LogP contribution in [0, 0.1) is 12.7 Å². The van der Waals surface area contributed by atoms with Crippen LogP contribution in [0.2, 0.25) is 0 Å². The van der Waals surface area contributed by atoms with Gasteiger partial charge in [0.2, 0.25) is 5.71 Å². The molecule has 3 aromatic rings. The number of carbonyl (C=O) groups excluding carboxylic acids is 1. The van der Waals surface area contributed by atoms with Crippen LogP contribution in [0.1, 0.15) is 34.4 Å². The average molecular weight is 373 g/mol. The molecule has 0 unspecified atom stereocenters. The Kier molecular flexibility index (Phi) is 5.36. The van der Waals surface area contributed by atoms with Crippen LogP contribution in [-0.4, -0.2) is 34.5 Å². The van der Waals surface area contributed by atoms with E-state index < -0.39 is 11.5 Å². The predicted molar refractivity (Wildman–Crippen MR) is 96.9 cm³/mol. The number of rotatable bonds is 6. The highest BCUT2D eigenvalue weighted by atomic mass is 19.1. The van der Waals surface area contributed by atoms with Gasteiger partial charge in [0, 0.05) is 12.1 Å². The molecule has 0 saturated heterocycles. The molecule has 8 heteroatoms. The van der Waals surface area contributed by atoms with E-state index in [1.165, 1.54) is 6.07 Å². The van der Waals surface area contributed by atoms with E-state index in [0.717, 1.165) is 0 Å². The van der Waals surface area contributed by atoms with Crippen molar-refractivity contribution in [3.8, 4) is 0 Å². The number of furan rings is 1. The lowest BCUT2D eigenvalue weighted by Gasteiger charge is -2.16. The summed E-state index contributed by atoms with van der Waals surface area (Å²) in [6, 6.07) is 6.50. The Labute approximate surface area is 154 Å². The number of H-pyrrole nitrogens is 1. The summed E-state index contributed by atoms with van der Waals surface area (Å²) < 4.78 is 24.3. The topological polar surface area (TPSA) is 88.4 Å². The van der Waals surface area contributed by atoms with Gasteiger partial charge in [0.25, 0.3) is 5.56 Å². The molecule has 0 amide bonds. The summed E-state index contributed by atoms with van der Waals surface area (Å²) in [5.41, 5.74) is 0.233. The molecule has 0 saturated carbocycles. The number of hydrogen-bond acceptors (Lipinski definition) is 6. The fourth-order valence-electron chi connectivity index (χ4n) is 2.92. The van der Waals surface area contributed by atoms with E-state index >= 15 is 0 Å². The highest BCUT2D eigenvalue weighted by Crippen LogP contribution is 2.22. The maximum atomic E-state index is 13.8. The Balaban J connectivity index is 1.87. The third-order valence-corrected chi connectivity index (χ3v) is 4.08. The van der Waals surface area contributed by atoms with Crippen molar-refractivity contribution in [1.82, 2.24) is 14.9 Å². The van der Waals surface area contributed by atoms with Gasteiger partial charge in [-0.15, -0.1) is 0 Å². The van der Waals surface area contributed by atoms with Crippen LogP contribution in [0.15, 0.2) is 33.5 Å². The Bertz CT molecular complexity index is 1040. The number of carbonyl (C=O) groups is 1. The minimum absolute atomic E-state index is 0.0754. The van der Waals surface area contributed by atoms with E-state index in [-0.39, 0.29) is 41.4 Å². The minimum Gasteiger partial charge on any atom is -0.462 e. The van der Waals surface area contributed by atoms with Crippen LogP contribution < -0.4 is 5.56 Å². The molecule has 0 aliphatic carbocycles. The molecule has 3 rings (SSSR count). The number of halogens is 1. The van der Waals surface area contributed by atoms with E-state index in [9.17, 15) is 14.0 Å². The fraction of sp³-hybridized carbons (Fsp3) is 0.316. The molecule has 2 heterocycles. The number of aryl methyl sites for hydroxylation is 1. The van der Waals surface area contributed by atoms with Crippen molar-refractivity contribution in [3.63, 3.8) is 0 Å². The molecule has 0 fully saturated rings. The van der Waals surface area contributed by atoms with Crippen molar-refractivity contribution in [2.45, 2.75) is 26.9 Å². The van der Waals surface area contributed by atoms with Crippen LogP contribution >= 0.6 is 0 Å². The number of nitrogens with zero attached hydrogens (tertiary/aromatic N) is 2. The van der Waals surface area contributed by atoms with Gasteiger partial charge in [-0.05, 0) is 27.0 Å². The maximum absolute atomic E-state index is 13.8. The quantitative estimate of drug-likeness (QED) is 0.669. The van der Waals surface area contributed by atoms with Crippen molar-refractivity contribution in [2.75, 3.05) is 13.7 Å². The number of ether oxygens (including phenoxy) is 1. The van der Waals surface area contributed by atoms with Crippen molar-refractivity contribution in [1.29, 1.82) is 0 Å². The first-order chi connectivity index (χ1) is 12.9. The van der Waals surface area contributed by atoms with Gasteiger partial charge in [0.05, 0.1) is 13.2 Å². The molecule has 0 atom stereocenters. The maximum Gasteiger partial charge on any atom is 0.342 e. The largest absolute Gasteiger partial charge is 0.462 e. The Hall–Kier alpha value is -3.00. The van der Waals surface area contributed by atoms with E-state index in [4.69, 9.17) is 9.15 Å². The first-order valence-electron chi connectivity index (χ1n) is 8.52. The van der Waals surface area contributed by atoms with Gasteiger partial charge in [-0.25, -0.2) is 9.18 Å². The lowest BCUT2D eigenvalue weighted by Crippen LogP contribution is -2.22. The zero-order valence-corrected chi connectivity index (χ0v) is 15.3. The first-order valence-corrected chi connectivity index (χ1v) is 8.52. The Morgan fingerprint density at radius 1 is 1.33 bits per heavy atom. The molecule has 27 heavy (non-hydrogen) atoms. The summed E-state index contributed by atoms with van der Waals surface area (Å²) >= 11 is 0. The number of fused-ring (bicyclic) bond motifs is 1. The van der Waals surface area contributed by atoms with Crippen LogP contribution in [0.3, 0.4) is 0 Å². The molecule has 0 aliphatic heterocycles. The van der Waals surface area contributed by atoms with Gasteiger partial charge in [0.15, 0.2) is 0 Å². The SMILES string of the molecule is CCOC(=O)c1c(C)oc2nc(CN(C)Cc3ccccc3F)[nH]c(=O)c12. The summed E-state index contributed by atoms with van der Waals surface area (Å²) in [5, 5.41) is 0.0754. The van der Waals surface area contributed by atoms with Gasteiger partial charge in [0.1, 0.15) is 28.4 Å².